The van der Waals surface area contributed by atoms with Gasteiger partial charge < -0.3 is 15.2 Å². The molecular weight excluding hydrogens is 242 g/mol. The zero-order valence-corrected chi connectivity index (χ0v) is 11.4. The molecule has 1 aliphatic rings. The molecule has 1 atom stereocenters. The van der Waals surface area contributed by atoms with Crippen LogP contribution in [0.5, 0.6) is 0 Å². The number of ether oxygens (including phenoxy) is 1. The lowest BCUT2D eigenvalue weighted by Crippen LogP contribution is -2.48. The van der Waals surface area contributed by atoms with Crippen LogP contribution in [-0.4, -0.2) is 56.4 Å². The van der Waals surface area contributed by atoms with E-state index in [1.807, 2.05) is 6.92 Å². The first-order valence-corrected chi connectivity index (χ1v) is 7.93. The number of rotatable bonds is 6. The van der Waals surface area contributed by atoms with Gasteiger partial charge in [-0.25, -0.2) is 8.42 Å². The maximum absolute atomic E-state index is 11.4. The van der Waals surface area contributed by atoms with Gasteiger partial charge in [-0.15, -0.1) is 0 Å². The van der Waals surface area contributed by atoms with Crippen molar-refractivity contribution in [2.45, 2.75) is 38.3 Å². The van der Waals surface area contributed by atoms with Gasteiger partial charge in [0.2, 0.25) is 0 Å². The van der Waals surface area contributed by atoms with E-state index in [9.17, 15) is 13.5 Å². The highest BCUT2D eigenvalue weighted by Crippen LogP contribution is 2.19. The molecule has 1 fully saturated rings. The van der Waals surface area contributed by atoms with Gasteiger partial charge in [-0.1, -0.05) is 6.92 Å². The van der Waals surface area contributed by atoms with E-state index in [1.54, 1.807) is 6.92 Å². The van der Waals surface area contributed by atoms with E-state index in [-0.39, 0.29) is 17.5 Å². The second kappa shape index (κ2) is 6.13. The Bertz CT molecular complexity index is 322. The van der Waals surface area contributed by atoms with Gasteiger partial charge in [0.1, 0.15) is 0 Å². The van der Waals surface area contributed by atoms with Gasteiger partial charge in [-0.2, -0.15) is 0 Å². The van der Waals surface area contributed by atoms with Crippen LogP contribution in [0.4, 0.5) is 0 Å². The maximum Gasteiger partial charge on any atom is 0.151 e. The van der Waals surface area contributed by atoms with Crippen LogP contribution in [0, 0.1) is 0 Å². The Morgan fingerprint density at radius 3 is 2.53 bits per heavy atom. The molecule has 0 bridgehead atoms. The lowest BCUT2D eigenvalue weighted by Gasteiger charge is -2.33. The zero-order valence-electron chi connectivity index (χ0n) is 10.6. The Kier molecular flexibility index (Phi) is 5.37. The number of sulfone groups is 1. The third-order valence-electron chi connectivity index (χ3n) is 3.15. The molecule has 6 heteroatoms. The average molecular weight is 265 g/mol. The van der Waals surface area contributed by atoms with Crippen molar-refractivity contribution in [1.29, 1.82) is 0 Å². The highest BCUT2D eigenvalue weighted by molar-refractivity contribution is 7.91. The normalized spacial score (nSPS) is 22.3. The molecule has 2 N–H and O–H groups in total. The van der Waals surface area contributed by atoms with Gasteiger partial charge in [-0.3, -0.25) is 0 Å². The first-order chi connectivity index (χ1) is 7.87. The van der Waals surface area contributed by atoms with E-state index in [4.69, 9.17) is 4.74 Å². The zero-order chi connectivity index (χ0) is 12.9. The highest BCUT2D eigenvalue weighted by atomic mass is 32.2. The Balaban J connectivity index is 2.34. The molecule has 1 rings (SSSR count). The van der Waals surface area contributed by atoms with Gasteiger partial charge in [-0.05, 0) is 6.92 Å². The summed E-state index contributed by atoms with van der Waals surface area (Å²) in [5.74, 6) is 0.285. The van der Waals surface area contributed by atoms with Crippen molar-refractivity contribution < 1.29 is 18.3 Å². The van der Waals surface area contributed by atoms with Crippen LogP contribution in [0.2, 0.25) is 0 Å². The number of aliphatic hydroxyl groups is 1. The summed E-state index contributed by atoms with van der Waals surface area (Å²) >= 11 is 0. The molecule has 0 radical (unpaired) electrons. The number of hydrogen-bond donors (Lipinski definition) is 2. The molecule has 1 aliphatic heterocycles. The largest absolute Gasteiger partial charge is 0.388 e. The molecule has 0 aromatic carbocycles. The SMILES string of the molecule is CCS(=O)(=O)CC(C)NCC1(O)CCOCC1. The lowest BCUT2D eigenvalue weighted by atomic mass is 9.94. The fourth-order valence-electron chi connectivity index (χ4n) is 1.85. The molecule has 0 aliphatic carbocycles. The Hall–Kier alpha value is -0.170. The first-order valence-electron chi connectivity index (χ1n) is 6.11. The van der Waals surface area contributed by atoms with Gasteiger partial charge in [0.25, 0.3) is 0 Å². The molecule has 0 aromatic rings. The van der Waals surface area contributed by atoms with E-state index in [0.717, 1.165) is 0 Å². The molecule has 1 heterocycles. The minimum atomic E-state index is -2.96. The number of hydrogen-bond acceptors (Lipinski definition) is 5. The van der Waals surface area contributed by atoms with Gasteiger partial charge >= 0.3 is 0 Å². The summed E-state index contributed by atoms with van der Waals surface area (Å²) in [4.78, 5) is 0. The van der Waals surface area contributed by atoms with E-state index in [1.165, 1.54) is 0 Å². The second-order valence-corrected chi connectivity index (χ2v) is 7.22. The fourth-order valence-corrected chi connectivity index (χ4v) is 2.97. The van der Waals surface area contributed by atoms with E-state index < -0.39 is 15.4 Å². The summed E-state index contributed by atoms with van der Waals surface area (Å²) in [6.45, 7) is 5.04. The van der Waals surface area contributed by atoms with E-state index >= 15 is 0 Å². The molecule has 1 saturated heterocycles. The molecule has 0 saturated carbocycles. The molecular formula is C11H23NO4S. The van der Waals surface area contributed by atoms with Crippen molar-refractivity contribution in [2.24, 2.45) is 0 Å². The van der Waals surface area contributed by atoms with Crippen LogP contribution in [0.3, 0.4) is 0 Å². The second-order valence-electron chi connectivity index (χ2n) is 4.82. The van der Waals surface area contributed by atoms with Gasteiger partial charge in [0.15, 0.2) is 9.84 Å². The predicted molar refractivity (Wildman–Crippen MR) is 66.8 cm³/mol. The predicted octanol–water partition coefficient (Wildman–Crippen LogP) is -0.0593. The maximum atomic E-state index is 11.4. The molecule has 5 nitrogen and oxygen atoms in total. The van der Waals surface area contributed by atoms with Crippen LogP contribution >= 0.6 is 0 Å². The van der Waals surface area contributed by atoms with Crippen molar-refractivity contribution in [2.75, 3.05) is 31.3 Å². The van der Waals surface area contributed by atoms with E-state index in [0.29, 0.717) is 32.6 Å². The standard InChI is InChI=1S/C11H23NO4S/c1-3-17(14,15)8-10(2)12-9-11(13)4-6-16-7-5-11/h10,12-13H,3-9H2,1-2H3. The Labute approximate surface area is 103 Å². The molecule has 0 spiro atoms. The summed E-state index contributed by atoms with van der Waals surface area (Å²) in [6, 6.07) is -0.133. The summed E-state index contributed by atoms with van der Waals surface area (Å²) in [5.41, 5.74) is -0.748. The molecule has 0 aromatic heterocycles. The molecule has 0 amide bonds. The van der Waals surface area contributed by atoms with Crippen molar-refractivity contribution in [3.05, 3.63) is 0 Å². The summed E-state index contributed by atoms with van der Waals surface area (Å²) in [6.07, 6.45) is 1.21. The first kappa shape index (κ1) is 14.9. The third-order valence-corrected chi connectivity index (χ3v) is 5.03. The highest BCUT2D eigenvalue weighted by Gasteiger charge is 2.30. The van der Waals surface area contributed by atoms with Crippen LogP contribution in [0.15, 0.2) is 0 Å². The third kappa shape index (κ3) is 5.33. The van der Waals surface area contributed by atoms with Crippen molar-refractivity contribution >= 4 is 9.84 Å². The smallest absolute Gasteiger partial charge is 0.151 e. The molecule has 1 unspecified atom stereocenters. The van der Waals surface area contributed by atoms with Crippen LogP contribution in [0.1, 0.15) is 26.7 Å². The molecule has 102 valence electrons. The molecule has 17 heavy (non-hydrogen) atoms. The minimum Gasteiger partial charge on any atom is -0.388 e. The monoisotopic (exact) mass is 265 g/mol. The van der Waals surface area contributed by atoms with Gasteiger partial charge in [0, 0.05) is 44.4 Å². The van der Waals surface area contributed by atoms with E-state index in [2.05, 4.69) is 5.32 Å². The summed E-state index contributed by atoms with van der Waals surface area (Å²) in [5, 5.41) is 13.3. The van der Waals surface area contributed by atoms with Crippen LogP contribution in [-0.2, 0) is 14.6 Å². The van der Waals surface area contributed by atoms with Crippen LogP contribution < -0.4 is 5.32 Å². The fraction of sp³-hybridized carbons (Fsp3) is 1.00. The van der Waals surface area contributed by atoms with Crippen LogP contribution in [0.25, 0.3) is 0 Å². The summed E-state index contributed by atoms with van der Waals surface area (Å²) < 4.78 is 28.0. The minimum absolute atomic E-state index is 0.121. The quantitative estimate of drug-likeness (QED) is 0.704. The van der Waals surface area contributed by atoms with Crippen molar-refractivity contribution in [1.82, 2.24) is 5.32 Å². The topological polar surface area (TPSA) is 75.6 Å². The Morgan fingerprint density at radius 1 is 1.41 bits per heavy atom. The lowest BCUT2D eigenvalue weighted by molar-refractivity contribution is -0.0623. The number of nitrogens with one attached hydrogen (secondary N) is 1. The Morgan fingerprint density at radius 2 is 2.00 bits per heavy atom. The summed E-state index contributed by atoms with van der Waals surface area (Å²) in [7, 11) is -2.96. The van der Waals surface area contributed by atoms with Crippen molar-refractivity contribution in [3.63, 3.8) is 0 Å². The van der Waals surface area contributed by atoms with Gasteiger partial charge in [0.05, 0.1) is 11.4 Å². The average Bonchev–Trinajstić information content (AvgIpc) is 2.27. The van der Waals surface area contributed by atoms with Crippen molar-refractivity contribution in [3.8, 4) is 0 Å².